The van der Waals surface area contributed by atoms with Crippen LogP contribution >= 0.6 is 0 Å². The summed E-state index contributed by atoms with van der Waals surface area (Å²) in [4.78, 5) is 4.25. The maximum absolute atomic E-state index is 5.87. The molecule has 5 heteroatoms. The van der Waals surface area contributed by atoms with Crippen LogP contribution in [0.4, 0.5) is 17.2 Å². The lowest BCUT2D eigenvalue weighted by molar-refractivity contribution is 0.756. The summed E-state index contributed by atoms with van der Waals surface area (Å²) >= 11 is 0. The quantitative estimate of drug-likeness (QED) is 0.804. The van der Waals surface area contributed by atoms with Crippen molar-refractivity contribution in [3.05, 3.63) is 29.7 Å². The van der Waals surface area contributed by atoms with Gasteiger partial charge in [-0.15, -0.1) is 0 Å². The molecule has 2 rings (SSSR count). The summed E-state index contributed by atoms with van der Waals surface area (Å²) in [5.74, 6) is 0.668. The summed E-state index contributed by atoms with van der Waals surface area (Å²) in [5, 5.41) is 7.41. The van der Waals surface area contributed by atoms with Crippen molar-refractivity contribution in [2.24, 2.45) is 7.05 Å². The van der Waals surface area contributed by atoms with Crippen LogP contribution in [0.3, 0.4) is 0 Å². The molecule has 2 aromatic heterocycles. The summed E-state index contributed by atoms with van der Waals surface area (Å²) < 4.78 is 1.75. The first-order valence-corrected chi connectivity index (χ1v) is 5.05. The number of anilines is 3. The monoisotopic (exact) mass is 217 g/mol. The van der Waals surface area contributed by atoms with Gasteiger partial charge in [0.05, 0.1) is 17.1 Å². The number of hydrogen-bond donors (Lipinski definition) is 2. The molecule has 84 valence electrons. The Morgan fingerprint density at radius 3 is 2.69 bits per heavy atom. The lowest BCUT2D eigenvalue weighted by Gasteiger charge is -2.07. The Morgan fingerprint density at radius 2 is 2.12 bits per heavy atom. The Labute approximate surface area is 94.3 Å². The molecule has 0 aliphatic carbocycles. The SMILES string of the molecule is Cc1cnc(Nc2cn(C)nc2C)c(N)c1. The average molecular weight is 217 g/mol. The molecule has 0 bridgehead atoms. The van der Waals surface area contributed by atoms with E-state index >= 15 is 0 Å². The number of hydrogen-bond acceptors (Lipinski definition) is 4. The predicted molar refractivity (Wildman–Crippen MR) is 64.6 cm³/mol. The van der Waals surface area contributed by atoms with E-state index in [4.69, 9.17) is 5.73 Å². The summed E-state index contributed by atoms with van der Waals surface area (Å²) in [6.45, 7) is 3.90. The van der Waals surface area contributed by atoms with Crippen LogP contribution in [0.15, 0.2) is 18.5 Å². The molecule has 0 spiro atoms. The van der Waals surface area contributed by atoms with Gasteiger partial charge in [0.25, 0.3) is 0 Å². The minimum atomic E-state index is 0.642. The minimum absolute atomic E-state index is 0.642. The van der Waals surface area contributed by atoms with Crippen LogP contribution in [0.2, 0.25) is 0 Å². The zero-order chi connectivity index (χ0) is 11.7. The lowest BCUT2D eigenvalue weighted by atomic mass is 10.3. The molecule has 5 nitrogen and oxygen atoms in total. The van der Waals surface area contributed by atoms with Crippen molar-refractivity contribution in [1.29, 1.82) is 0 Å². The second kappa shape index (κ2) is 3.84. The maximum Gasteiger partial charge on any atom is 0.153 e. The van der Waals surface area contributed by atoms with Crippen LogP contribution in [-0.2, 0) is 7.05 Å². The van der Waals surface area contributed by atoms with Crippen molar-refractivity contribution in [3.63, 3.8) is 0 Å². The number of aromatic nitrogens is 3. The van der Waals surface area contributed by atoms with Gasteiger partial charge in [-0.25, -0.2) is 4.98 Å². The van der Waals surface area contributed by atoms with E-state index in [1.54, 1.807) is 10.9 Å². The summed E-state index contributed by atoms with van der Waals surface area (Å²) in [7, 11) is 1.88. The molecule has 0 unspecified atom stereocenters. The molecule has 3 N–H and O–H groups in total. The van der Waals surface area contributed by atoms with Gasteiger partial charge in [0.1, 0.15) is 0 Å². The zero-order valence-electron chi connectivity index (χ0n) is 9.65. The van der Waals surface area contributed by atoms with Crippen LogP contribution < -0.4 is 11.1 Å². The third-order valence-electron chi connectivity index (χ3n) is 2.32. The number of pyridine rings is 1. The predicted octanol–water partition coefficient (Wildman–Crippen LogP) is 1.76. The Kier molecular flexibility index (Phi) is 2.52. The fourth-order valence-corrected chi connectivity index (χ4v) is 1.55. The third-order valence-corrected chi connectivity index (χ3v) is 2.32. The smallest absolute Gasteiger partial charge is 0.153 e. The number of aryl methyl sites for hydroxylation is 3. The van der Waals surface area contributed by atoms with E-state index in [0.29, 0.717) is 11.5 Å². The molecule has 0 aliphatic heterocycles. The van der Waals surface area contributed by atoms with E-state index < -0.39 is 0 Å². The van der Waals surface area contributed by atoms with Crippen molar-refractivity contribution in [2.45, 2.75) is 13.8 Å². The molecular weight excluding hydrogens is 202 g/mol. The fraction of sp³-hybridized carbons (Fsp3) is 0.273. The van der Waals surface area contributed by atoms with E-state index in [9.17, 15) is 0 Å². The highest BCUT2D eigenvalue weighted by molar-refractivity contribution is 5.69. The molecule has 2 heterocycles. The summed E-state index contributed by atoms with van der Waals surface area (Å²) in [5.41, 5.74) is 9.41. The highest BCUT2D eigenvalue weighted by Crippen LogP contribution is 2.22. The maximum atomic E-state index is 5.87. The van der Waals surface area contributed by atoms with Gasteiger partial charge in [-0.1, -0.05) is 0 Å². The molecule has 0 saturated carbocycles. The topological polar surface area (TPSA) is 68.8 Å². The van der Waals surface area contributed by atoms with Gasteiger partial charge in [-0.3, -0.25) is 4.68 Å². The number of nitrogen functional groups attached to an aromatic ring is 1. The first kappa shape index (κ1) is 10.5. The molecule has 2 aromatic rings. The van der Waals surface area contributed by atoms with Crippen LogP contribution in [0.1, 0.15) is 11.3 Å². The van der Waals surface area contributed by atoms with E-state index in [0.717, 1.165) is 16.9 Å². The number of nitrogens with one attached hydrogen (secondary N) is 1. The van der Waals surface area contributed by atoms with Gasteiger partial charge in [-0.05, 0) is 25.5 Å². The molecular formula is C11H15N5. The standard InChI is InChI=1S/C11H15N5/c1-7-4-9(12)11(13-5-7)14-10-6-16(3)15-8(10)2/h4-6H,12H2,1-3H3,(H,13,14). The second-order valence-electron chi connectivity index (χ2n) is 3.88. The first-order valence-electron chi connectivity index (χ1n) is 5.05. The Balaban J connectivity index is 2.30. The zero-order valence-corrected chi connectivity index (χ0v) is 9.65. The highest BCUT2D eigenvalue weighted by Gasteiger charge is 2.06. The van der Waals surface area contributed by atoms with Gasteiger partial charge in [0.15, 0.2) is 5.82 Å². The van der Waals surface area contributed by atoms with Crippen molar-refractivity contribution >= 4 is 17.2 Å². The molecule has 0 radical (unpaired) electrons. The molecule has 0 aliphatic rings. The number of nitrogens with two attached hydrogens (primary N) is 1. The van der Waals surface area contributed by atoms with Crippen molar-refractivity contribution in [3.8, 4) is 0 Å². The second-order valence-corrected chi connectivity index (χ2v) is 3.88. The van der Waals surface area contributed by atoms with E-state index in [1.165, 1.54) is 0 Å². The Morgan fingerprint density at radius 1 is 1.38 bits per heavy atom. The van der Waals surface area contributed by atoms with Crippen LogP contribution in [-0.4, -0.2) is 14.8 Å². The number of rotatable bonds is 2. The largest absolute Gasteiger partial charge is 0.396 e. The van der Waals surface area contributed by atoms with Crippen LogP contribution in [0.25, 0.3) is 0 Å². The summed E-state index contributed by atoms with van der Waals surface area (Å²) in [6, 6.07) is 1.89. The Hall–Kier alpha value is -2.04. The van der Waals surface area contributed by atoms with Crippen molar-refractivity contribution in [1.82, 2.24) is 14.8 Å². The minimum Gasteiger partial charge on any atom is -0.396 e. The molecule has 0 fully saturated rings. The third kappa shape index (κ3) is 1.98. The van der Waals surface area contributed by atoms with Gasteiger partial charge < -0.3 is 11.1 Å². The molecule has 0 saturated heterocycles. The normalized spacial score (nSPS) is 10.4. The van der Waals surface area contributed by atoms with Gasteiger partial charge in [-0.2, -0.15) is 5.10 Å². The van der Waals surface area contributed by atoms with Crippen molar-refractivity contribution in [2.75, 3.05) is 11.1 Å². The Bertz CT molecular complexity index is 515. The van der Waals surface area contributed by atoms with Gasteiger partial charge >= 0.3 is 0 Å². The van der Waals surface area contributed by atoms with E-state index in [1.807, 2.05) is 33.2 Å². The fourth-order valence-electron chi connectivity index (χ4n) is 1.55. The van der Waals surface area contributed by atoms with Gasteiger partial charge in [0.2, 0.25) is 0 Å². The lowest BCUT2D eigenvalue weighted by Crippen LogP contribution is -1.99. The molecule has 0 amide bonds. The molecule has 0 aromatic carbocycles. The van der Waals surface area contributed by atoms with E-state index in [-0.39, 0.29) is 0 Å². The first-order chi connectivity index (χ1) is 7.56. The van der Waals surface area contributed by atoms with Crippen LogP contribution in [0.5, 0.6) is 0 Å². The van der Waals surface area contributed by atoms with Crippen LogP contribution in [0, 0.1) is 13.8 Å². The van der Waals surface area contributed by atoms with Gasteiger partial charge in [0, 0.05) is 19.4 Å². The molecule has 0 atom stereocenters. The van der Waals surface area contributed by atoms with Crippen molar-refractivity contribution < 1.29 is 0 Å². The average Bonchev–Trinajstić information content (AvgIpc) is 2.50. The number of nitrogens with zero attached hydrogens (tertiary/aromatic N) is 3. The molecule has 16 heavy (non-hydrogen) atoms. The van der Waals surface area contributed by atoms with E-state index in [2.05, 4.69) is 15.4 Å². The highest BCUT2D eigenvalue weighted by atomic mass is 15.3. The summed E-state index contributed by atoms with van der Waals surface area (Å²) in [6.07, 6.45) is 3.68.